The van der Waals surface area contributed by atoms with Crippen molar-refractivity contribution in [2.24, 2.45) is 5.41 Å². The third-order valence-corrected chi connectivity index (χ3v) is 5.07. The van der Waals surface area contributed by atoms with Crippen molar-refractivity contribution in [2.75, 3.05) is 6.54 Å². The first kappa shape index (κ1) is 15.0. The molecule has 0 unspecified atom stereocenters. The van der Waals surface area contributed by atoms with Gasteiger partial charge in [0.15, 0.2) is 0 Å². The van der Waals surface area contributed by atoms with Crippen molar-refractivity contribution in [3.05, 3.63) is 21.9 Å². The molecule has 0 spiro atoms. The maximum Gasteiger partial charge on any atom is 0.0813 e. The SMILES string of the molecule is CCNCc1ccc(COC2CCC(C)(C)CC2)s1. The average Bonchev–Trinajstić information content (AvgIpc) is 2.83. The first-order chi connectivity index (χ1) is 9.09. The van der Waals surface area contributed by atoms with E-state index in [0.29, 0.717) is 11.5 Å². The van der Waals surface area contributed by atoms with Gasteiger partial charge in [-0.25, -0.2) is 0 Å². The second kappa shape index (κ2) is 6.87. The van der Waals surface area contributed by atoms with E-state index < -0.39 is 0 Å². The Labute approximate surface area is 121 Å². The Morgan fingerprint density at radius 2 is 1.95 bits per heavy atom. The first-order valence-electron chi connectivity index (χ1n) is 7.49. The van der Waals surface area contributed by atoms with E-state index in [1.807, 2.05) is 11.3 Å². The Kier molecular flexibility index (Phi) is 5.43. The maximum absolute atomic E-state index is 6.07. The van der Waals surface area contributed by atoms with Gasteiger partial charge < -0.3 is 10.1 Å². The number of rotatable bonds is 6. The van der Waals surface area contributed by atoms with Gasteiger partial charge in [-0.2, -0.15) is 0 Å². The molecule has 0 aliphatic heterocycles. The van der Waals surface area contributed by atoms with Crippen LogP contribution >= 0.6 is 11.3 Å². The van der Waals surface area contributed by atoms with Crippen molar-refractivity contribution in [3.8, 4) is 0 Å². The van der Waals surface area contributed by atoms with Gasteiger partial charge in [0.25, 0.3) is 0 Å². The summed E-state index contributed by atoms with van der Waals surface area (Å²) in [6, 6.07) is 4.43. The molecule has 108 valence electrons. The first-order valence-corrected chi connectivity index (χ1v) is 8.30. The van der Waals surface area contributed by atoms with Gasteiger partial charge in [-0.3, -0.25) is 0 Å². The predicted octanol–water partition coefficient (Wildman–Crippen LogP) is 4.34. The summed E-state index contributed by atoms with van der Waals surface area (Å²) >= 11 is 1.87. The normalized spacial score (nSPS) is 19.7. The zero-order chi connectivity index (χ0) is 13.7. The van der Waals surface area contributed by atoms with Crippen LogP contribution in [0.15, 0.2) is 12.1 Å². The van der Waals surface area contributed by atoms with Crippen LogP contribution in [-0.4, -0.2) is 12.6 Å². The van der Waals surface area contributed by atoms with Gasteiger partial charge in [0.05, 0.1) is 12.7 Å². The van der Waals surface area contributed by atoms with Crippen LogP contribution in [0.2, 0.25) is 0 Å². The Hall–Kier alpha value is -0.380. The number of thiophene rings is 1. The van der Waals surface area contributed by atoms with Crippen LogP contribution in [0.3, 0.4) is 0 Å². The monoisotopic (exact) mass is 281 g/mol. The predicted molar refractivity (Wildman–Crippen MR) is 82.5 cm³/mol. The highest BCUT2D eigenvalue weighted by Gasteiger charge is 2.27. The van der Waals surface area contributed by atoms with E-state index in [1.54, 1.807) is 0 Å². The molecule has 0 radical (unpaired) electrons. The second-order valence-corrected chi connectivity index (χ2v) is 7.58. The van der Waals surface area contributed by atoms with Crippen LogP contribution in [0, 0.1) is 5.41 Å². The quantitative estimate of drug-likeness (QED) is 0.837. The van der Waals surface area contributed by atoms with E-state index in [2.05, 4.69) is 38.2 Å². The highest BCUT2D eigenvalue weighted by molar-refractivity contribution is 7.11. The van der Waals surface area contributed by atoms with Gasteiger partial charge in [0, 0.05) is 16.3 Å². The Balaban J connectivity index is 1.72. The Bertz CT molecular complexity index is 376. The topological polar surface area (TPSA) is 21.3 Å². The van der Waals surface area contributed by atoms with E-state index >= 15 is 0 Å². The molecule has 0 aromatic carbocycles. The number of hydrogen-bond donors (Lipinski definition) is 1. The number of ether oxygens (including phenoxy) is 1. The summed E-state index contributed by atoms with van der Waals surface area (Å²) in [5.74, 6) is 0. The molecule has 19 heavy (non-hydrogen) atoms. The molecule has 2 nitrogen and oxygen atoms in total. The Morgan fingerprint density at radius 1 is 1.26 bits per heavy atom. The molecular formula is C16H27NOS. The third kappa shape index (κ3) is 4.90. The van der Waals surface area contributed by atoms with E-state index in [9.17, 15) is 0 Å². The molecule has 0 atom stereocenters. The van der Waals surface area contributed by atoms with Crippen molar-refractivity contribution in [3.63, 3.8) is 0 Å². The molecule has 1 N–H and O–H groups in total. The molecule has 1 saturated carbocycles. The summed E-state index contributed by atoms with van der Waals surface area (Å²) in [5, 5.41) is 3.36. The number of hydrogen-bond acceptors (Lipinski definition) is 3. The summed E-state index contributed by atoms with van der Waals surface area (Å²) in [4.78, 5) is 2.77. The summed E-state index contributed by atoms with van der Waals surface area (Å²) in [5.41, 5.74) is 0.530. The van der Waals surface area contributed by atoms with Crippen molar-refractivity contribution in [1.82, 2.24) is 5.32 Å². The van der Waals surface area contributed by atoms with Gasteiger partial charge in [0.2, 0.25) is 0 Å². The van der Waals surface area contributed by atoms with Crippen LogP contribution in [0.1, 0.15) is 56.2 Å². The minimum Gasteiger partial charge on any atom is -0.373 e. The molecule has 3 heteroatoms. The van der Waals surface area contributed by atoms with Gasteiger partial charge in [-0.1, -0.05) is 20.8 Å². The molecule has 0 saturated heterocycles. The van der Waals surface area contributed by atoms with E-state index in [-0.39, 0.29) is 0 Å². The van der Waals surface area contributed by atoms with Crippen LogP contribution in [0.25, 0.3) is 0 Å². The van der Waals surface area contributed by atoms with Crippen LogP contribution in [0.4, 0.5) is 0 Å². The lowest BCUT2D eigenvalue weighted by atomic mass is 9.76. The molecule has 1 aromatic heterocycles. The van der Waals surface area contributed by atoms with Crippen LogP contribution in [-0.2, 0) is 17.9 Å². The lowest BCUT2D eigenvalue weighted by Crippen LogP contribution is -2.26. The highest BCUT2D eigenvalue weighted by atomic mass is 32.1. The smallest absolute Gasteiger partial charge is 0.0813 e. The van der Waals surface area contributed by atoms with Crippen molar-refractivity contribution in [1.29, 1.82) is 0 Å². The summed E-state index contributed by atoms with van der Waals surface area (Å²) in [7, 11) is 0. The fraction of sp³-hybridized carbons (Fsp3) is 0.750. The van der Waals surface area contributed by atoms with Gasteiger partial charge in [0.1, 0.15) is 0 Å². The summed E-state index contributed by atoms with van der Waals surface area (Å²) < 4.78 is 6.07. The fourth-order valence-electron chi connectivity index (χ4n) is 2.58. The molecule has 2 rings (SSSR count). The zero-order valence-electron chi connectivity index (χ0n) is 12.5. The van der Waals surface area contributed by atoms with Crippen molar-refractivity contribution >= 4 is 11.3 Å². The summed E-state index contributed by atoms with van der Waals surface area (Å²) in [6.45, 7) is 9.69. The average molecular weight is 281 g/mol. The Morgan fingerprint density at radius 3 is 2.63 bits per heavy atom. The minimum atomic E-state index is 0.479. The van der Waals surface area contributed by atoms with E-state index in [4.69, 9.17) is 4.74 Å². The lowest BCUT2D eigenvalue weighted by molar-refractivity contribution is -0.00448. The standard InChI is InChI=1S/C16H27NOS/c1-4-17-11-14-5-6-15(19-14)12-18-13-7-9-16(2,3)10-8-13/h5-6,13,17H,4,7-12H2,1-3H3. The van der Waals surface area contributed by atoms with E-state index in [1.165, 1.54) is 35.4 Å². The van der Waals surface area contributed by atoms with Gasteiger partial charge >= 0.3 is 0 Å². The fourth-order valence-corrected chi connectivity index (χ4v) is 3.49. The largest absolute Gasteiger partial charge is 0.373 e. The van der Waals surface area contributed by atoms with E-state index in [0.717, 1.165) is 19.7 Å². The summed E-state index contributed by atoms with van der Waals surface area (Å²) in [6.07, 6.45) is 5.53. The number of nitrogens with one attached hydrogen (secondary N) is 1. The molecule has 1 fully saturated rings. The molecule has 1 aliphatic rings. The van der Waals surface area contributed by atoms with Crippen molar-refractivity contribution < 1.29 is 4.74 Å². The molecule has 0 amide bonds. The minimum absolute atomic E-state index is 0.479. The third-order valence-electron chi connectivity index (χ3n) is 4.01. The second-order valence-electron chi connectivity index (χ2n) is 6.32. The molecule has 1 aromatic rings. The maximum atomic E-state index is 6.07. The highest BCUT2D eigenvalue weighted by Crippen LogP contribution is 2.36. The van der Waals surface area contributed by atoms with Crippen LogP contribution in [0.5, 0.6) is 0 Å². The van der Waals surface area contributed by atoms with Gasteiger partial charge in [-0.05, 0) is 49.8 Å². The zero-order valence-corrected chi connectivity index (χ0v) is 13.3. The van der Waals surface area contributed by atoms with Crippen molar-refractivity contribution in [2.45, 2.75) is 65.7 Å². The van der Waals surface area contributed by atoms with Gasteiger partial charge in [-0.15, -0.1) is 11.3 Å². The molecule has 0 bridgehead atoms. The molecular weight excluding hydrogens is 254 g/mol. The lowest BCUT2D eigenvalue weighted by Gasteiger charge is -2.34. The molecule has 1 heterocycles. The molecule has 1 aliphatic carbocycles. The van der Waals surface area contributed by atoms with Crippen LogP contribution < -0.4 is 5.32 Å².